The van der Waals surface area contributed by atoms with Crippen molar-refractivity contribution in [3.05, 3.63) is 42.2 Å². The lowest BCUT2D eigenvalue weighted by atomic mass is 10.0. The molecule has 1 heterocycles. The number of aromatic nitrogens is 1. The van der Waals surface area contributed by atoms with E-state index in [-0.39, 0.29) is 0 Å². The summed E-state index contributed by atoms with van der Waals surface area (Å²) in [5.74, 6) is 5.52. The second kappa shape index (κ2) is 7.14. The van der Waals surface area contributed by atoms with Gasteiger partial charge < -0.3 is 0 Å². The van der Waals surface area contributed by atoms with Gasteiger partial charge in [0.05, 0.1) is 0 Å². The van der Waals surface area contributed by atoms with Crippen LogP contribution in [0, 0.1) is 0 Å². The largest absolute Gasteiger partial charge is 0.271 e. The summed E-state index contributed by atoms with van der Waals surface area (Å²) < 4.78 is 0. The van der Waals surface area contributed by atoms with E-state index in [0.717, 1.165) is 31.4 Å². The van der Waals surface area contributed by atoms with Crippen molar-refractivity contribution in [2.45, 2.75) is 38.6 Å². The number of hydrazine groups is 1. The lowest BCUT2D eigenvalue weighted by Crippen LogP contribution is -2.35. The molecule has 1 aromatic rings. The molecular formula is C13H21N3. The molecule has 1 rings (SSSR count). The zero-order chi connectivity index (χ0) is 11.8. The number of nitrogens with zero attached hydrogens (tertiary/aromatic N) is 1. The van der Waals surface area contributed by atoms with Crippen LogP contribution in [0.5, 0.6) is 0 Å². The summed E-state index contributed by atoms with van der Waals surface area (Å²) in [6.45, 7) is 5.95. The van der Waals surface area contributed by atoms with Crippen molar-refractivity contribution in [1.82, 2.24) is 10.4 Å². The quantitative estimate of drug-likeness (QED) is 0.420. The van der Waals surface area contributed by atoms with Crippen molar-refractivity contribution in [2.75, 3.05) is 0 Å². The summed E-state index contributed by atoms with van der Waals surface area (Å²) in [5.41, 5.74) is 5.19. The van der Waals surface area contributed by atoms with Crippen molar-refractivity contribution in [1.29, 1.82) is 0 Å². The van der Waals surface area contributed by atoms with Crippen LogP contribution in [0.1, 0.15) is 31.9 Å². The van der Waals surface area contributed by atoms with Gasteiger partial charge in [-0.1, -0.05) is 11.6 Å². The van der Waals surface area contributed by atoms with E-state index >= 15 is 0 Å². The van der Waals surface area contributed by atoms with E-state index in [0.29, 0.717) is 6.04 Å². The summed E-state index contributed by atoms with van der Waals surface area (Å²) >= 11 is 0. The number of allylic oxidation sites excluding steroid dienone is 1. The molecule has 88 valence electrons. The highest BCUT2D eigenvalue weighted by atomic mass is 15.2. The van der Waals surface area contributed by atoms with Crippen LogP contribution in [-0.2, 0) is 6.42 Å². The molecule has 3 N–H and O–H groups in total. The maximum atomic E-state index is 5.52. The van der Waals surface area contributed by atoms with E-state index in [1.54, 1.807) is 0 Å². The molecule has 0 amide bonds. The highest BCUT2D eigenvalue weighted by molar-refractivity contribution is 5.03. The Bertz CT molecular complexity index is 308. The Morgan fingerprint density at radius 2 is 2.31 bits per heavy atom. The van der Waals surface area contributed by atoms with Crippen LogP contribution in [0.2, 0.25) is 0 Å². The minimum absolute atomic E-state index is 0.346. The molecule has 3 nitrogen and oxygen atoms in total. The average Bonchev–Trinajstić information content (AvgIpc) is 2.30. The van der Waals surface area contributed by atoms with Crippen LogP contribution in [0.4, 0.5) is 0 Å². The number of nitrogens with two attached hydrogens (primary N) is 1. The molecule has 16 heavy (non-hydrogen) atoms. The monoisotopic (exact) mass is 219 g/mol. The second-order valence-corrected chi connectivity index (χ2v) is 4.22. The molecule has 0 aliphatic heterocycles. The second-order valence-electron chi connectivity index (χ2n) is 4.22. The summed E-state index contributed by atoms with van der Waals surface area (Å²) in [5, 5.41) is 0. The van der Waals surface area contributed by atoms with Crippen LogP contribution in [0.15, 0.2) is 36.5 Å². The Hall–Kier alpha value is -1.19. The zero-order valence-corrected chi connectivity index (χ0v) is 9.95. The predicted octanol–water partition coefficient (Wildman–Crippen LogP) is 2.20. The van der Waals surface area contributed by atoms with Gasteiger partial charge in [-0.3, -0.25) is 16.3 Å². The first-order chi connectivity index (χ1) is 7.72. The third kappa shape index (κ3) is 5.05. The Kier molecular flexibility index (Phi) is 5.75. The Morgan fingerprint density at radius 1 is 1.50 bits per heavy atom. The van der Waals surface area contributed by atoms with Gasteiger partial charge in [0.2, 0.25) is 0 Å². The van der Waals surface area contributed by atoms with Crippen molar-refractivity contribution in [3.8, 4) is 0 Å². The SMILES string of the molecule is C=C(C)CCC(CCc1ccccn1)NN. The van der Waals surface area contributed by atoms with E-state index in [9.17, 15) is 0 Å². The highest BCUT2D eigenvalue weighted by Crippen LogP contribution is 2.09. The Balaban J connectivity index is 2.31. The molecule has 1 aromatic heterocycles. The number of nitrogens with one attached hydrogen (secondary N) is 1. The molecule has 0 bridgehead atoms. The molecule has 0 aliphatic carbocycles. The van der Waals surface area contributed by atoms with Crippen LogP contribution in [0.25, 0.3) is 0 Å². The van der Waals surface area contributed by atoms with Crippen LogP contribution < -0.4 is 11.3 Å². The summed E-state index contributed by atoms with van der Waals surface area (Å²) in [6.07, 6.45) is 5.87. The lowest BCUT2D eigenvalue weighted by molar-refractivity contribution is 0.462. The van der Waals surface area contributed by atoms with E-state index in [4.69, 9.17) is 5.84 Å². The molecule has 1 unspecified atom stereocenters. The van der Waals surface area contributed by atoms with Crippen molar-refractivity contribution in [3.63, 3.8) is 0 Å². The number of pyridine rings is 1. The van der Waals surface area contributed by atoms with Gasteiger partial charge >= 0.3 is 0 Å². The fourth-order valence-corrected chi connectivity index (χ4v) is 1.60. The minimum Gasteiger partial charge on any atom is -0.271 e. The summed E-state index contributed by atoms with van der Waals surface area (Å²) in [4.78, 5) is 4.29. The lowest BCUT2D eigenvalue weighted by Gasteiger charge is -2.15. The van der Waals surface area contributed by atoms with E-state index in [1.807, 2.05) is 31.3 Å². The standard InChI is InChI=1S/C13H21N3/c1-11(2)6-7-13(16-14)9-8-12-5-3-4-10-15-12/h3-5,10,13,16H,1,6-9,14H2,2H3. The number of hydrogen-bond donors (Lipinski definition) is 2. The minimum atomic E-state index is 0.346. The Morgan fingerprint density at radius 3 is 2.88 bits per heavy atom. The molecule has 3 heteroatoms. The topological polar surface area (TPSA) is 50.9 Å². The van der Waals surface area contributed by atoms with Crippen molar-refractivity contribution in [2.24, 2.45) is 5.84 Å². The number of aryl methyl sites for hydroxylation is 1. The maximum absolute atomic E-state index is 5.52. The van der Waals surface area contributed by atoms with Crippen LogP contribution in [-0.4, -0.2) is 11.0 Å². The normalized spacial score (nSPS) is 12.4. The first-order valence-corrected chi connectivity index (χ1v) is 5.72. The van der Waals surface area contributed by atoms with Gasteiger partial charge in [0.15, 0.2) is 0 Å². The number of hydrogen-bond acceptors (Lipinski definition) is 3. The molecule has 0 saturated heterocycles. The van der Waals surface area contributed by atoms with Gasteiger partial charge in [-0.25, -0.2) is 0 Å². The maximum Gasteiger partial charge on any atom is 0.0404 e. The van der Waals surface area contributed by atoms with Gasteiger partial charge in [0.1, 0.15) is 0 Å². The third-order valence-corrected chi connectivity index (χ3v) is 2.63. The van der Waals surface area contributed by atoms with Gasteiger partial charge in [0.25, 0.3) is 0 Å². The predicted molar refractivity (Wildman–Crippen MR) is 67.7 cm³/mol. The smallest absolute Gasteiger partial charge is 0.0404 e. The molecule has 0 saturated carbocycles. The van der Waals surface area contributed by atoms with Crippen LogP contribution >= 0.6 is 0 Å². The molecule has 0 spiro atoms. The fourth-order valence-electron chi connectivity index (χ4n) is 1.60. The van der Waals surface area contributed by atoms with Gasteiger partial charge in [0, 0.05) is 17.9 Å². The summed E-state index contributed by atoms with van der Waals surface area (Å²) in [7, 11) is 0. The molecule has 1 atom stereocenters. The Labute approximate surface area is 97.7 Å². The van der Waals surface area contributed by atoms with E-state index in [1.165, 1.54) is 5.57 Å². The van der Waals surface area contributed by atoms with Gasteiger partial charge in [-0.15, -0.1) is 6.58 Å². The van der Waals surface area contributed by atoms with E-state index in [2.05, 4.69) is 17.0 Å². The third-order valence-electron chi connectivity index (χ3n) is 2.63. The van der Waals surface area contributed by atoms with Crippen molar-refractivity contribution < 1.29 is 0 Å². The molecule has 0 aliphatic rings. The zero-order valence-electron chi connectivity index (χ0n) is 9.95. The highest BCUT2D eigenvalue weighted by Gasteiger charge is 2.06. The molecule has 0 fully saturated rings. The fraction of sp³-hybridized carbons (Fsp3) is 0.462. The molecular weight excluding hydrogens is 198 g/mol. The molecule has 0 aromatic carbocycles. The first kappa shape index (κ1) is 12.9. The summed E-state index contributed by atoms with van der Waals surface area (Å²) in [6, 6.07) is 6.34. The molecule has 0 radical (unpaired) electrons. The first-order valence-electron chi connectivity index (χ1n) is 5.72. The number of rotatable bonds is 7. The van der Waals surface area contributed by atoms with Crippen LogP contribution in [0.3, 0.4) is 0 Å². The van der Waals surface area contributed by atoms with Gasteiger partial charge in [-0.2, -0.15) is 0 Å². The van der Waals surface area contributed by atoms with E-state index < -0.39 is 0 Å². The average molecular weight is 219 g/mol. The van der Waals surface area contributed by atoms with Gasteiger partial charge in [-0.05, 0) is 44.7 Å². The van der Waals surface area contributed by atoms with Crippen molar-refractivity contribution >= 4 is 0 Å².